The lowest BCUT2D eigenvalue weighted by Crippen LogP contribution is -2.26. The van der Waals surface area contributed by atoms with Crippen molar-refractivity contribution < 1.29 is 9.59 Å². The van der Waals surface area contributed by atoms with E-state index >= 15 is 0 Å². The number of rotatable bonds is 2. The van der Waals surface area contributed by atoms with Crippen LogP contribution in [0.4, 0.5) is 0 Å². The zero-order valence-electron chi connectivity index (χ0n) is 7.38. The second kappa shape index (κ2) is 4.19. The number of hydrogen-bond acceptors (Lipinski definition) is 2. The van der Waals surface area contributed by atoms with Crippen LogP contribution in [0.3, 0.4) is 0 Å². The summed E-state index contributed by atoms with van der Waals surface area (Å²) in [5.41, 5.74) is 0. The van der Waals surface area contributed by atoms with E-state index in [1.165, 1.54) is 0 Å². The fraction of sp³-hybridized carbons (Fsp3) is 0.600. The lowest BCUT2D eigenvalue weighted by Gasteiger charge is -2.15. The lowest BCUT2D eigenvalue weighted by molar-refractivity contribution is -0.133. The first-order valence-corrected chi connectivity index (χ1v) is 4.47. The molecule has 0 aromatic rings. The van der Waals surface area contributed by atoms with Crippen LogP contribution in [0.25, 0.3) is 0 Å². The molecule has 0 heterocycles. The van der Waals surface area contributed by atoms with E-state index in [1.807, 2.05) is 13.0 Å². The molecule has 0 unspecified atom stereocenters. The zero-order chi connectivity index (χ0) is 8.97. The molecule has 2 nitrogen and oxygen atoms in total. The summed E-state index contributed by atoms with van der Waals surface area (Å²) < 4.78 is 0. The highest BCUT2D eigenvalue weighted by molar-refractivity contribution is 6.06. The molecule has 0 aliphatic heterocycles. The second-order valence-corrected chi connectivity index (χ2v) is 3.10. The quantitative estimate of drug-likeness (QED) is 0.463. The van der Waals surface area contributed by atoms with Gasteiger partial charge in [0.25, 0.3) is 0 Å². The average molecular weight is 166 g/mol. The van der Waals surface area contributed by atoms with Gasteiger partial charge < -0.3 is 0 Å². The molecule has 1 aliphatic carbocycles. The van der Waals surface area contributed by atoms with E-state index < -0.39 is 5.92 Å². The molecule has 12 heavy (non-hydrogen) atoms. The third-order valence-corrected chi connectivity index (χ3v) is 2.10. The van der Waals surface area contributed by atoms with E-state index in [0.717, 1.165) is 12.8 Å². The van der Waals surface area contributed by atoms with Crippen LogP contribution in [-0.2, 0) is 9.59 Å². The molecule has 1 aliphatic rings. The topological polar surface area (TPSA) is 34.1 Å². The van der Waals surface area contributed by atoms with Crippen LogP contribution in [0.1, 0.15) is 32.6 Å². The second-order valence-electron chi connectivity index (χ2n) is 3.10. The molecule has 1 rings (SSSR count). The maximum atomic E-state index is 11.2. The molecule has 0 radical (unpaired) electrons. The Hall–Kier alpha value is -0.920. The Morgan fingerprint density at radius 2 is 1.92 bits per heavy atom. The summed E-state index contributed by atoms with van der Waals surface area (Å²) in [6.07, 6.45) is 6.43. The van der Waals surface area contributed by atoms with Gasteiger partial charge in [0.15, 0.2) is 0 Å². The van der Waals surface area contributed by atoms with Crippen LogP contribution in [0.15, 0.2) is 12.2 Å². The highest BCUT2D eigenvalue weighted by Gasteiger charge is 2.26. The van der Waals surface area contributed by atoms with Crippen molar-refractivity contribution in [2.24, 2.45) is 5.92 Å². The van der Waals surface area contributed by atoms with Gasteiger partial charge in [0.05, 0.1) is 5.92 Å². The predicted molar refractivity (Wildman–Crippen MR) is 46.8 cm³/mol. The van der Waals surface area contributed by atoms with Gasteiger partial charge in [-0.15, -0.1) is 0 Å². The lowest BCUT2D eigenvalue weighted by atomic mass is 9.86. The normalized spacial score (nSPS) is 20.8. The van der Waals surface area contributed by atoms with Crippen LogP contribution >= 0.6 is 0 Å². The van der Waals surface area contributed by atoms with Crippen LogP contribution in [-0.4, -0.2) is 11.6 Å². The van der Waals surface area contributed by atoms with Gasteiger partial charge in [-0.1, -0.05) is 19.1 Å². The number of Topliss-reactive ketones (excluding diaryl/α,β-unsaturated/α-hetero) is 2. The Morgan fingerprint density at radius 3 is 2.42 bits per heavy atom. The summed E-state index contributed by atoms with van der Waals surface area (Å²) in [6.45, 7) is 1.99. The molecule has 0 bridgehead atoms. The Morgan fingerprint density at radius 1 is 1.33 bits per heavy atom. The van der Waals surface area contributed by atoms with Crippen LogP contribution in [0, 0.1) is 5.92 Å². The van der Waals surface area contributed by atoms with Crippen molar-refractivity contribution >= 4 is 11.6 Å². The monoisotopic (exact) mass is 166 g/mol. The standard InChI is InChI=1S/C10H14O2/c1-2-3-5-8-9(11)6-4-7-10(8)12/h3,5,8H,2,4,6-7H2,1H3/b5-3+. The third kappa shape index (κ3) is 2.03. The van der Waals surface area contributed by atoms with Gasteiger partial charge in [-0.2, -0.15) is 0 Å². The Labute approximate surface area is 72.7 Å². The molecule has 1 fully saturated rings. The Bertz CT molecular complexity index is 200. The van der Waals surface area contributed by atoms with Crippen molar-refractivity contribution in [2.45, 2.75) is 32.6 Å². The number of carbonyl (C=O) groups excluding carboxylic acids is 2. The molecule has 0 atom stereocenters. The van der Waals surface area contributed by atoms with Crippen molar-refractivity contribution in [1.29, 1.82) is 0 Å². The van der Waals surface area contributed by atoms with E-state index in [-0.39, 0.29) is 11.6 Å². The highest BCUT2D eigenvalue weighted by Crippen LogP contribution is 2.18. The van der Waals surface area contributed by atoms with E-state index in [4.69, 9.17) is 0 Å². The first-order valence-electron chi connectivity index (χ1n) is 4.47. The van der Waals surface area contributed by atoms with Crippen molar-refractivity contribution in [3.05, 3.63) is 12.2 Å². The minimum Gasteiger partial charge on any atom is -0.299 e. The number of carbonyl (C=O) groups is 2. The fourth-order valence-electron chi connectivity index (χ4n) is 1.41. The zero-order valence-corrected chi connectivity index (χ0v) is 7.38. The summed E-state index contributed by atoms with van der Waals surface area (Å²) in [4.78, 5) is 22.5. The summed E-state index contributed by atoms with van der Waals surface area (Å²) in [7, 11) is 0. The van der Waals surface area contributed by atoms with Crippen LogP contribution in [0.5, 0.6) is 0 Å². The minimum absolute atomic E-state index is 0.0935. The Balaban J connectivity index is 2.63. The molecule has 0 aromatic carbocycles. The minimum atomic E-state index is -0.418. The predicted octanol–water partition coefficient (Wildman–Crippen LogP) is 1.89. The summed E-state index contributed by atoms with van der Waals surface area (Å²) in [6, 6.07) is 0. The van der Waals surface area contributed by atoms with Crippen molar-refractivity contribution in [3.63, 3.8) is 0 Å². The first-order chi connectivity index (χ1) is 5.75. The van der Waals surface area contributed by atoms with E-state index in [2.05, 4.69) is 0 Å². The summed E-state index contributed by atoms with van der Waals surface area (Å²) in [5.74, 6) is -0.231. The maximum absolute atomic E-state index is 11.2. The molecule has 66 valence electrons. The van der Waals surface area contributed by atoms with Gasteiger partial charge in [0, 0.05) is 12.8 Å². The van der Waals surface area contributed by atoms with Gasteiger partial charge in [-0.05, 0) is 12.8 Å². The van der Waals surface area contributed by atoms with E-state index in [9.17, 15) is 9.59 Å². The van der Waals surface area contributed by atoms with Crippen LogP contribution in [0.2, 0.25) is 0 Å². The number of hydrogen-bond donors (Lipinski definition) is 0. The SMILES string of the molecule is CC/C=C/C1C(=O)CCCC1=O. The average Bonchev–Trinajstić information content (AvgIpc) is 2.04. The highest BCUT2D eigenvalue weighted by atomic mass is 16.2. The number of allylic oxidation sites excluding steroid dienone is 2. The molecule has 0 spiro atoms. The molecule has 0 aromatic heterocycles. The van der Waals surface area contributed by atoms with Gasteiger partial charge in [0.1, 0.15) is 11.6 Å². The molecule has 2 heteroatoms. The van der Waals surface area contributed by atoms with Crippen LogP contribution < -0.4 is 0 Å². The van der Waals surface area contributed by atoms with Gasteiger partial charge >= 0.3 is 0 Å². The van der Waals surface area contributed by atoms with Gasteiger partial charge in [0.2, 0.25) is 0 Å². The van der Waals surface area contributed by atoms with Crippen molar-refractivity contribution in [2.75, 3.05) is 0 Å². The van der Waals surface area contributed by atoms with Crippen molar-refractivity contribution in [3.8, 4) is 0 Å². The molecule has 1 saturated carbocycles. The largest absolute Gasteiger partial charge is 0.299 e. The van der Waals surface area contributed by atoms with E-state index in [1.54, 1.807) is 6.08 Å². The van der Waals surface area contributed by atoms with E-state index in [0.29, 0.717) is 12.8 Å². The van der Waals surface area contributed by atoms with Crippen molar-refractivity contribution in [1.82, 2.24) is 0 Å². The molecule has 0 saturated heterocycles. The smallest absolute Gasteiger partial charge is 0.147 e. The Kier molecular flexibility index (Phi) is 3.20. The first kappa shape index (κ1) is 9.17. The number of ketones is 2. The summed E-state index contributed by atoms with van der Waals surface area (Å²) >= 11 is 0. The molecular weight excluding hydrogens is 152 g/mol. The van der Waals surface area contributed by atoms with Gasteiger partial charge in [-0.3, -0.25) is 9.59 Å². The van der Waals surface area contributed by atoms with Gasteiger partial charge in [-0.25, -0.2) is 0 Å². The fourth-order valence-corrected chi connectivity index (χ4v) is 1.41. The third-order valence-electron chi connectivity index (χ3n) is 2.10. The molecular formula is C10H14O2. The summed E-state index contributed by atoms with van der Waals surface area (Å²) in [5, 5.41) is 0. The molecule has 0 N–H and O–H groups in total. The molecule has 0 amide bonds. The maximum Gasteiger partial charge on any atom is 0.147 e.